The van der Waals surface area contributed by atoms with E-state index in [0.29, 0.717) is 5.95 Å². The Labute approximate surface area is 289 Å². The average molecular weight is 652 g/mol. The fraction of sp³-hybridized carbons (Fsp3) is 0. The summed E-state index contributed by atoms with van der Waals surface area (Å²) < 4.78 is 15.6. The third-order valence-electron chi connectivity index (χ3n) is 10.6. The van der Waals surface area contributed by atoms with Gasteiger partial charge in [-0.25, -0.2) is 9.97 Å². The standard InChI is InChI=1S/C46H25N3O2/c1-2-13-27(14-3-1)42-33-23-22-26-12-4-5-15-28(26)43(33)48-46(47-42)49-34-19-9-6-16-29(34)41-44(49)32-24-25-37-38(30-17-7-10-20-35(30)50-37)39(32)40-31-18-8-11-21-36(31)51-45(40)41/h1-25H. The van der Waals surface area contributed by atoms with Crippen LogP contribution < -0.4 is 0 Å². The molecule has 0 spiro atoms. The number of benzene rings is 8. The quantitative estimate of drug-likeness (QED) is 0.175. The van der Waals surface area contributed by atoms with Gasteiger partial charge in [-0.2, -0.15) is 0 Å². The molecule has 0 bridgehead atoms. The Morgan fingerprint density at radius 1 is 0.412 bits per heavy atom. The molecule has 5 nitrogen and oxygen atoms in total. The van der Waals surface area contributed by atoms with E-state index in [1.807, 2.05) is 24.3 Å². The first-order valence-electron chi connectivity index (χ1n) is 17.2. The Balaban J connectivity index is 1.36. The van der Waals surface area contributed by atoms with E-state index >= 15 is 0 Å². The lowest BCUT2D eigenvalue weighted by molar-refractivity contribution is 0.669. The van der Waals surface area contributed by atoms with Crippen molar-refractivity contribution in [3.05, 3.63) is 152 Å². The maximum absolute atomic E-state index is 6.90. The molecule has 0 aliphatic heterocycles. The van der Waals surface area contributed by atoms with Crippen molar-refractivity contribution in [2.24, 2.45) is 0 Å². The van der Waals surface area contributed by atoms with Crippen molar-refractivity contribution >= 4 is 98.1 Å². The molecule has 236 valence electrons. The van der Waals surface area contributed by atoms with Crippen LogP contribution in [0.5, 0.6) is 0 Å². The molecule has 0 unspecified atom stereocenters. The monoisotopic (exact) mass is 651 g/mol. The van der Waals surface area contributed by atoms with Gasteiger partial charge in [-0.15, -0.1) is 0 Å². The molecular formula is C46H25N3O2. The Bertz CT molecular complexity index is 3420. The lowest BCUT2D eigenvalue weighted by Gasteiger charge is -2.14. The number of hydrogen-bond acceptors (Lipinski definition) is 4. The summed E-state index contributed by atoms with van der Waals surface area (Å²) in [7, 11) is 0. The summed E-state index contributed by atoms with van der Waals surface area (Å²) in [5, 5.41) is 11.9. The number of furan rings is 2. The Morgan fingerprint density at radius 3 is 1.92 bits per heavy atom. The summed E-state index contributed by atoms with van der Waals surface area (Å²) in [4.78, 5) is 10.9. The summed E-state index contributed by atoms with van der Waals surface area (Å²) in [6.45, 7) is 0. The highest BCUT2D eigenvalue weighted by molar-refractivity contribution is 6.40. The second-order valence-corrected chi connectivity index (χ2v) is 13.3. The molecular weight excluding hydrogens is 627 g/mol. The van der Waals surface area contributed by atoms with Crippen LogP contribution in [0.4, 0.5) is 0 Å². The highest BCUT2D eigenvalue weighted by Crippen LogP contribution is 2.49. The largest absolute Gasteiger partial charge is 0.456 e. The molecule has 0 saturated heterocycles. The normalized spacial score (nSPS) is 12.3. The van der Waals surface area contributed by atoms with Crippen molar-refractivity contribution < 1.29 is 8.83 Å². The molecule has 4 aromatic heterocycles. The summed E-state index contributed by atoms with van der Waals surface area (Å²) in [6, 6.07) is 52.7. The fourth-order valence-corrected chi connectivity index (χ4v) is 8.44. The van der Waals surface area contributed by atoms with Crippen molar-refractivity contribution in [2.45, 2.75) is 0 Å². The SMILES string of the molecule is c1ccc(-c2nc(-n3c4ccccc4c4c5oc6ccccc6c5c5c(ccc6oc7ccccc7c65)c43)nc3c2ccc2ccccc23)cc1. The van der Waals surface area contributed by atoms with Gasteiger partial charge in [0.25, 0.3) is 0 Å². The first-order chi connectivity index (χ1) is 25.3. The summed E-state index contributed by atoms with van der Waals surface area (Å²) in [5.41, 5.74) is 8.27. The molecule has 0 saturated carbocycles. The first-order valence-corrected chi connectivity index (χ1v) is 17.2. The Hall–Kier alpha value is -6.98. The van der Waals surface area contributed by atoms with E-state index in [1.165, 1.54) is 0 Å². The van der Waals surface area contributed by atoms with Gasteiger partial charge in [-0.3, -0.25) is 4.57 Å². The van der Waals surface area contributed by atoms with Crippen LogP contribution >= 0.6 is 0 Å². The van der Waals surface area contributed by atoms with E-state index < -0.39 is 0 Å². The number of para-hydroxylation sites is 3. The first kappa shape index (κ1) is 26.9. The predicted octanol–water partition coefficient (Wildman–Crippen LogP) is 12.5. The Kier molecular flexibility index (Phi) is 5.17. The van der Waals surface area contributed by atoms with Crippen molar-refractivity contribution in [1.29, 1.82) is 0 Å². The van der Waals surface area contributed by atoms with Gasteiger partial charge in [0.2, 0.25) is 5.95 Å². The van der Waals surface area contributed by atoms with Crippen LogP contribution in [0.3, 0.4) is 0 Å². The summed E-state index contributed by atoms with van der Waals surface area (Å²) >= 11 is 0. The van der Waals surface area contributed by atoms with Gasteiger partial charge in [0.05, 0.1) is 27.6 Å². The maximum atomic E-state index is 6.90. The second kappa shape index (κ2) is 9.80. The molecule has 12 rings (SSSR count). The maximum Gasteiger partial charge on any atom is 0.235 e. The van der Waals surface area contributed by atoms with Crippen molar-refractivity contribution in [1.82, 2.24) is 14.5 Å². The number of rotatable bonds is 2. The third kappa shape index (κ3) is 3.54. The van der Waals surface area contributed by atoms with Gasteiger partial charge in [0.1, 0.15) is 22.3 Å². The zero-order valence-corrected chi connectivity index (χ0v) is 27.1. The summed E-state index contributed by atoms with van der Waals surface area (Å²) in [5.74, 6) is 0.609. The zero-order valence-electron chi connectivity index (χ0n) is 27.1. The van der Waals surface area contributed by atoms with E-state index in [9.17, 15) is 0 Å². The average Bonchev–Trinajstić information content (AvgIpc) is 3.88. The minimum atomic E-state index is 0.609. The van der Waals surface area contributed by atoms with Crippen molar-refractivity contribution in [3.8, 4) is 17.2 Å². The fourth-order valence-electron chi connectivity index (χ4n) is 8.44. The topological polar surface area (TPSA) is 57.0 Å². The van der Waals surface area contributed by atoms with Crippen LogP contribution in [0.25, 0.3) is 115 Å². The van der Waals surface area contributed by atoms with Gasteiger partial charge in [0.15, 0.2) is 0 Å². The van der Waals surface area contributed by atoms with Crippen LogP contribution in [-0.2, 0) is 0 Å². The van der Waals surface area contributed by atoms with E-state index in [2.05, 4.69) is 132 Å². The van der Waals surface area contributed by atoms with Crippen molar-refractivity contribution in [3.63, 3.8) is 0 Å². The molecule has 0 N–H and O–H groups in total. The van der Waals surface area contributed by atoms with Crippen LogP contribution in [-0.4, -0.2) is 14.5 Å². The highest BCUT2D eigenvalue weighted by atomic mass is 16.3. The van der Waals surface area contributed by atoms with E-state index in [4.69, 9.17) is 18.8 Å². The molecule has 0 radical (unpaired) electrons. The smallest absolute Gasteiger partial charge is 0.235 e. The van der Waals surface area contributed by atoms with Crippen molar-refractivity contribution in [2.75, 3.05) is 0 Å². The molecule has 0 aliphatic rings. The minimum absolute atomic E-state index is 0.609. The zero-order chi connectivity index (χ0) is 33.2. The lowest BCUT2D eigenvalue weighted by atomic mass is 9.96. The summed E-state index contributed by atoms with van der Waals surface area (Å²) in [6.07, 6.45) is 0. The Morgan fingerprint density at radius 2 is 1.08 bits per heavy atom. The molecule has 51 heavy (non-hydrogen) atoms. The van der Waals surface area contributed by atoms with Gasteiger partial charge >= 0.3 is 0 Å². The molecule has 0 fully saturated rings. The van der Waals surface area contributed by atoms with Crippen LogP contribution in [0.1, 0.15) is 0 Å². The molecule has 8 aromatic carbocycles. The van der Waals surface area contributed by atoms with E-state index in [0.717, 1.165) is 109 Å². The molecule has 5 heteroatoms. The van der Waals surface area contributed by atoms with Gasteiger partial charge < -0.3 is 8.83 Å². The molecule has 12 aromatic rings. The van der Waals surface area contributed by atoms with Gasteiger partial charge in [-0.1, -0.05) is 115 Å². The van der Waals surface area contributed by atoms with Gasteiger partial charge in [0, 0.05) is 54.0 Å². The van der Waals surface area contributed by atoms with E-state index in [-0.39, 0.29) is 0 Å². The molecule has 0 atom stereocenters. The number of fused-ring (bicyclic) bond motifs is 17. The molecule has 0 aliphatic carbocycles. The third-order valence-corrected chi connectivity index (χ3v) is 10.6. The lowest BCUT2D eigenvalue weighted by Crippen LogP contribution is -2.04. The van der Waals surface area contributed by atoms with Crippen LogP contribution in [0.2, 0.25) is 0 Å². The number of nitrogens with zero attached hydrogens (tertiary/aromatic N) is 3. The highest BCUT2D eigenvalue weighted by Gasteiger charge is 2.26. The van der Waals surface area contributed by atoms with Crippen LogP contribution in [0.15, 0.2) is 160 Å². The van der Waals surface area contributed by atoms with E-state index in [1.54, 1.807) is 0 Å². The minimum Gasteiger partial charge on any atom is -0.456 e. The van der Waals surface area contributed by atoms with Gasteiger partial charge in [-0.05, 0) is 41.8 Å². The molecule has 4 heterocycles. The van der Waals surface area contributed by atoms with Crippen LogP contribution in [0, 0.1) is 0 Å². The number of aromatic nitrogens is 3. The number of hydrogen-bond donors (Lipinski definition) is 0. The predicted molar refractivity (Wildman–Crippen MR) is 209 cm³/mol. The molecule has 0 amide bonds. The second-order valence-electron chi connectivity index (χ2n) is 13.3.